The Morgan fingerprint density at radius 3 is 2.90 bits per heavy atom. The number of nitrogens with two attached hydrogens (primary N) is 1. The fourth-order valence-corrected chi connectivity index (χ4v) is 3.26. The second kappa shape index (κ2) is 6.75. The lowest BCUT2D eigenvalue weighted by atomic mass is 10.1. The number of halogens is 1. The Kier molecular flexibility index (Phi) is 5.25. The Hall–Kier alpha value is -0.830. The van der Waals surface area contributed by atoms with Gasteiger partial charge < -0.3 is 10.6 Å². The number of nitrogens with zero attached hydrogens (tertiary/aromatic N) is 5. The molecule has 2 rings (SSSR count). The quantitative estimate of drug-likeness (QED) is 0.850. The molecule has 8 heteroatoms. The van der Waals surface area contributed by atoms with Crippen LogP contribution in [0, 0.1) is 0 Å². The van der Waals surface area contributed by atoms with E-state index < -0.39 is 0 Å². The van der Waals surface area contributed by atoms with Gasteiger partial charge in [0.15, 0.2) is 0 Å². The average molecular weight is 359 g/mol. The monoisotopic (exact) mass is 358 g/mol. The summed E-state index contributed by atoms with van der Waals surface area (Å²) < 4.78 is 6.90. The van der Waals surface area contributed by atoms with Crippen molar-refractivity contribution in [2.45, 2.75) is 25.9 Å². The standard InChI is InChI=1S/C12H19BrN6S/c1-4-9-12(20-17-16-9)10(14)11-8(13)7-15-19(11)6-5-18(2)3/h7,10H,4-6,14H2,1-3H3. The van der Waals surface area contributed by atoms with Gasteiger partial charge in [0.25, 0.3) is 0 Å². The highest BCUT2D eigenvalue weighted by molar-refractivity contribution is 9.10. The summed E-state index contributed by atoms with van der Waals surface area (Å²) in [7, 11) is 4.08. The molecule has 1 unspecified atom stereocenters. The van der Waals surface area contributed by atoms with Gasteiger partial charge in [0, 0.05) is 6.54 Å². The van der Waals surface area contributed by atoms with Gasteiger partial charge in [-0.1, -0.05) is 11.4 Å². The van der Waals surface area contributed by atoms with Crippen molar-refractivity contribution in [2.75, 3.05) is 20.6 Å². The van der Waals surface area contributed by atoms with E-state index in [4.69, 9.17) is 5.73 Å². The first-order valence-corrected chi connectivity index (χ1v) is 8.03. The van der Waals surface area contributed by atoms with E-state index in [0.717, 1.165) is 40.2 Å². The lowest BCUT2D eigenvalue weighted by molar-refractivity contribution is 0.368. The summed E-state index contributed by atoms with van der Waals surface area (Å²) in [5, 5.41) is 8.54. The van der Waals surface area contributed by atoms with Gasteiger partial charge in [-0.3, -0.25) is 4.68 Å². The van der Waals surface area contributed by atoms with Gasteiger partial charge in [-0.05, 0) is 48.0 Å². The molecule has 110 valence electrons. The summed E-state index contributed by atoms with van der Waals surface area (Å²) >= 11 is 4.91. The third-order valence-corrected chi connectivity index (χ3v) is 4.55. The van der Waals surface area contributed by atoms with Crippen molar-refractivity contribution in [3.05, 3.63) is 26.9 Å². The van der Waals surface area contributed by atoms with Gasteiger partial charge in [-0.2, -0.15) is 5.10 Å². The lowest BCUT2D eigenvalue weighted by Crippen LogP contribution is -2.23. The number of aromatic nitrogens is 4. The Bertz CT molecular complexity index is 564. The maximum atomic E-state index is 6.42. The molecule has 1 atom stereocenters. The van der Waals surface area contributed by atoms with E-state index in [9.17, 15) is 0 Å². The van der Waals surface area contributed by atoms with Crippen molar-refractivity contribution < 1.29 is 0 Å². The van der Waals surface area contributed by atoms with Gasteiger partial charge in [-0.25, -0.2) is 0 Å². The van der Waals surface area contributed by atoms with E-state index in [2.05, 4.69) is 42.4 Å². The SMILES string of the molecule is CCc1nnsc1C(N)c1c(Br)cnn1CCN(C)C. The van der Waals surface area contributed by atoms with E-state index >= 15 is 0 Å². The van der Waals surface area contributed by atoms with Gasteiger partial charge in [0.05, 0.1) is 39.5 Å². The molecule has 6 nitrogen and oxygen atoms in total. The maximum Gasteiger partial charge on any atom is 0.0863 e. The summed E-state index contributed by atoms with van der Waals surface area (Å²) in [6, 6.07) is -0.246. The molecule has 0 fully saturated rings. The summed E-state index contributed by atoms with van der Waals surface area (Å²) in [5.41, 5.74) is 8.36. The third-order valence-electron chi connectivity index (χ3n) is 3.09. The predicted molar refractivity (Wildman–Crippen MR) is 83.8 cm³/mol. The van der Waals surface area contributed by atoms with Gasteiger partial charge in [-0.15, -0.1) is 5.10 Å². The Balaban J connectivity index is 2.29. The molecule has 0 aliphatic carbocycles. The molecule has 0 aliphatic heterocycles. The molecule has 2 aromatic rings. The first-order valence-electron chi connectivity index (χ1n) is 6.47. The van der Waals surface area contributed by atoms with Crippen LogP contribution < -0.4 is 5.73 Å². The second-order valence-electron chi connectivity index (χ2n) is 4.82. The molecule has 0 saturated carbocycles. The van der Waals surface area contributed by atoms with Crippen LogP contribution in [0.4, 0.5) is 0 Å². The summed E-state index contributed by atoms with van der Waals surface area (Å²) in [4.78, 5) is 3.14. The molecule has 0 spiro atoms. The predicted octanol–water partition coefficient (Wildman–Crippen LogP) is 1.67. The van der Waals surface area contributed by atoms with E-state index in [1.54, 1.807) is 6.20 Å². The van der Waals surface area contributed by atoms with Crippen LogP contribution in [0.3, 0.4) is 0 Å². The number of likely N-dealkylation sites (N-methyl/N-ethyl adjacent to an activating group) is 1. The maximum absolute atomic E-state index is 6.42. The van der Waals surface area contributed by atoms with Crippen molar-refractivity contribution in [3.63, 3.8) is 0 Å². The molecule has 0 amide bonds. The van der Waals surface area contributed by atoms with Crippen molar-refractivity contribution in [2.24, 2.45) is 5.73 Å². The topological polar surface area (TPSA) is 72.9 Å². The zero-order chi connectivity index (χ0) is 14.7. The smallest absolute Gasteiger partial charge is 0.0863 e. The normalized spacial score (nSPS) is 13.1. The zero-order valence-corrected chi connectivity index (χ0v) is 14.3. The molecular formula is C12H19BrN6S. The molecule has 0 aliphatic rings. The van der Waals surface area contributed by atoms with Crippen LogP contribution in [0.5, 0.6) is 0 Å². The van der Waals surface area contributed by atoms with Gasteiger partial charge in [0.1, 0.15) is 0 Å². The molecule has 2 aromatic heterocycles. The minimum atomic E-state index is -0.246. The minimum absolute atomic E-state index is 0.246. The van der Waals surface area contributed by atoms with Crippen LogP contribution in [0.25, 0.3) is 0 Å². The minimum Gasteiger partial charge on any atom is -0.318 e. The van der Waals surface area contributed by atoms with Crippen LogP contribution in [-0.4, -0.2) is 44.9 Å². The van der Waals surface area contributed by atoms with Crippen LogP contribution >= 0.6 is 27.5 Å². The van der Waals surface area contributed by atoms with Gasteiger partial charge >= 0.3 is 0 Å². The number of hydrogen-bond acceptors (Lipinski definition) is 6. The van der Waals surface area contributed by atoms with E-state index in [1.807, 2.05) is 18.8 Å². The van der Waals surface area contributed by atoms with Crippen LogP contribution in [0.1, 0.15) is 29.2 Å². The Morgan fingerprint density at radius 2 is 2.25 bits per heavy atom. The molecule has 20 heavy (non-hydrogen) atoms. The molecule has 0 saturated heterocycles. The van der Waals surface area contributed by atoms with Crippen LogP contribution in [0.2, 0.25) is 0 Å². The molecule has 0 bridgehead atoms. The van der Waals surface area contributed by atoms with E-state index in [1.165, 1.54) is 11.5 Å². The molecule has 2 N–H and O–H groups in total. The third kappa shape index (κ3) is 3.25. The fraction of sp³-hybridized carbons (Fsp3) is 0.583. The fourth-order valence-electron chi connectivity index (χ4n) is 1.98. The first kappa shape index (κ1) is 15.6. The number of aryl methyl sites for hydroxylation is 1. The summed E-state index contributed by atoms with van der Waals surface area (Å²) in [5.74, 6) is 0. The van der Waals surface area contributed by atoms with Crippen LogP contribution in [-0.2, 0) is 13.0 Å². The molecule has 0 aromatic carbocycles. The largest absolute Gasteiger partial charge is 0.318 e. The van der Waals surface area contributed by atoms with Crippen molar-refractivity contribution in [1.82, 2.24) is 24.3 Å². The Labute approximate surface area is 131 Å². The van der Waals surface area contributed by atoms with Crippen molar-refractivity contribution in [1.29, 1.82) is 0 Å². The molecule has 2 heterocycles. The number of hydrogen-bond donors (Lipinski definition) is 1. The van der Waals surface area contributed by atoms with E-state index in [0.29, 0.717) is 0 Å². The van der Waals surface area contributed by atoms with Crippen LogP contribution in [0.15, 0.2) is 10.7 Å². The van der Waals surface area contributed by atoms with E-state index in [-0.39, 0.29) is 6.04 Å². The highest BCUT2D eigenvalue weighted by Crippen LogP contribution is 2.30. The Morgan fingerprint density at radius 1 is 1.50 bits per heavy atom. The summed E-state index contributed by atoms with van der Waals surface area (Å²) in [6.45, 7) is 3.77. The van der Waals surface area contributed by atoms with Crippen molar-refractivity contribution in [3.8, 4) is 0 Å². The summed E-state index contributed by atoms with van der Waals surface area (Å²) in [6.07, 6.45) is 2.63. The molecular weight excluding hydrogens is 340 g/mol. The lowest BCUT2D eigenvalue weighted by Gasteiger charge is -2.16. The van der Waals surface area contributed by atoms with Crippen molar-refractivity contribution >= 4 is 27.5 Å². The first-order chi connectivity index (χ1) is 9.54. The average Bonchev–Trinajstić information content (AvgIpc) is 3.01. The molecule has 0 radical (unpaired) electrons. The second-order valence-corrected chi connectivity index (χ2v) is 6.46. The zero-order valence-electron chi connectivity index (χ0n) is 11.9. The number of rotatable bonds is 6. The highest BCUT2D eigenvalue weighted by atomic mass is 79.9. The van der Waals surface area contributed by atoms with Gasteiger partial charge in [0.2, 0.25) is 0 Å². The highest BCUT2D eigenvalue weighted by Gasteiger charge is 2.23.